The van der Waals surface area contributed by atoms with E-state index < -0.39 is 0 Å². The number of anilines is 1. The molecule has 0 aromatic heterocycles. The smallest absolute Gasteiger partial charge is 0.243 e. The fourth-order valence-corrected chi connectivity index (χ4v) is 3.14. The summed E-state index contributed by atoms with van der Waals surface area (Å²) in [6.07, 6.45) is 0. The Balaban J connectivity index is 0.00000249. The molecule has 1 aliphatic rings. The van der Waals surface area contributed by atoms with Crippen LogP contribution in [0, 0.1) is 0 Å². The number of rotatable bonds is 3. The van der Waals surface area contributed by atoms with E-state index in [4.69, 9.17) is 18.9 Å². The molecule has 1 saturated heterocycles. The highest BCUT2D eigenvalue weighted by Gasteiger charge is 2.24. The highest BCUT2D eigenvalue weighted by atomic mass is 16.5. The molecule has 1 unspecified atom stereocenters. The van der Waals surface area contributed by atoms with Crippen molar-refractivity contribution in [3.05, 3.63) is 30.3 Å². The number of nitrogens with one attached hydrogen (secondary N) is 1. The van der Waals surface area contributed by atoms with Crippen molar-refractivity contribution in [1.82, 2.24) is 10.2 Å². The second kappa shape index (κ2) is 19.0. The van der Waals surface area contributed by atoms with Gasteiger partial charge in [0.2, 0.25) is 5.91 Å². The first-order valence-electron chi connectivity index (χ1n) is 11.8. The van der Waals surface area contributed by atoms with Gasteiger partial charge >= 0.3 is 0 Å². The largest absolute Gasteiger partial charge is 0.378 e. The molecule has 0 radical (unpaired) electrons. The summed E-state index contributed by atoms with van der Waals surface area (Å²) >= 11 is 0. The van der Waals surface area contributed by atoms with E-state index in [0.717, 1.165) is 18.8 Å². The summed E-state index contributed by atoms with van der Waals surface area (Å²) in [6, 6.07) is 9.40. The van der Waals surface area contributed by atoms with Gasteiger partial charge in [0.25, 0.3) is 0 Å². The van der Waals surface area contributed by atoms with Crippen LogP contribution in [0.5, 0.6) is 0 Å². The van der Waals surface area contributed by atoms with E-state index in [1.54, 1.807) is 4.90 Å². The number of carbonyl (C=O) groups excluding carboxylic acids is 1. The Hall–Kier alpha value is -1.55. The Morgan fingerprint density at radius 2 is 1.31 bits per heavy atom. The number of para-hydroxylation sites is 1. The average Bonchev–Trinajstić information content (AvgIpc) is 2.84. The van der Waals surface area contributed by atoms with Crippen LogP contribution < -0.4 is 10.2 Å². The van der Waals surface area contributed by atoms with Crippen molar-refractivity contribution < 1.29 is 23.7 Å². The third-order valence-corrected chi connectivity index (χ3v) is 5.02. The zero-order valence-electron chi connectivity index (χ0n) is 20.4. The first kappa shape index (κ1) is 28.5. The maximum Gasteiger partial charge on any atom is 0.243 e. The third kappa shape index (κ3) is 11.9. The summed E-state index contributed by atoms with van der Waals surface area (Å²) in [7, 11) is 1.81. The van der Waals surface area contributed by atoms with Gasteiger partial charge in [0.05, 0.1) is 58.9 Å². The number of likely N-dealkylation sites (N-methyl/N-ethyl adjacent to an activating group) is 1. The van der Waals surface area contributed by atoms with Crippen LogP contribution in [0.15, 0.2) is 30.3 Å². The Kier molecular flexibility index (Phi) is 16.9. The molecule has 1 aromatic carbocycles. The molecule has 2 rings (SSSR count). The van der Waals surface area contributed by atoms with E-state index in [2.05, 4.69) is 10.2 Å². The normalized spacial score (nSPS) is 19.5. The second-order valence-corrected chi connectivity index (χ2v) is 7.14. The molecule has 0 saturated carbocycles. The van der Waals surface area contributed by atoms with Crippen LogP contribution in [0.3, 0.4) is 0 Å². The zero-order chi connectivity index (χ0) is 23.4. The maximum absolute atomic E-state index is 13.0. The number of hydrogen-bond acceptors (Lipinski definition) is 7. The van der Waals surface area contributed by atoms with E-state index in [-0.39, 0.29) is 11.9 Å². The predicted molar refractivity (Wildman–Crippen MR) is 128 cm³/mol. The van der Waals surface area contributed by atoms with Crippen molar-refractivity contribution >= 4 is 11.6 Å². The van der Waals surface area contributed by atoms with Crippen molar-refractivity contribution in [3.8, 4) is 0 Å². The summed E-state index contributed by atoms with van der Waals surface area (Å²) in [5.41, 5.74) is 0.882. The summed E-state index contributed by atoms with van der Waals surface area (Å²) in [5, 5.41) is 3.27. The Labute approximate surface area is 194 Å². The highest BCUT2D eigenvalue weighted by molar-refractivity contribution is 5.96. The van der Waals surface area contributed by atoms with Gasteiger partial charge < -0.3 is 29.2 Å². The molecule has 1 heterocycles. The van der Waals surface area contributed by atoms with Crippen molar-refractivity contribution in [1.29, 1.82) is 0 Å². The third-order valence-electron chi connectivity index (χ3n) is 5.02. The molecular weight excluding hydrogens is 410 g/mol. The van der Waals surface area contributed by atoms with E-state index in [0.29, 0.717) is 65.9 Å². The summed E-state index contributed by atoms with van der Waals surface area (Å²) in [5.74, 6) is 0.0440. The standard InChI is InChI=1S/C22H37N3O5.C2H6/c1-20(22(26)24(2)21-6-4-3-5-7-21)25-10-14-29-18-16-27-12-8-23-9-13-28-17-19-30-15-11-25;1-2/h3-7,20,23H,8-19H2,1-2H3;1-2H3. The Morgan fingerprint density at radius 3 is 1.81 bits per heavy atom. The van der Waals surface area contributed by atoms with Gasteiger partial charge in [-0.05, 0) is 19.1 Å². The number of nitrogens with zero attached hydrogens (tertiary/aromatic N) is 2. The van der Waals surface area contributed by atoms with Crippen LogP contribution >= 0.6 is 0 Å². The molecule has 1 aliphatic heterocycles. The maximum atomic E-state index is 13.0. The second-order valence-electron chi connectivity index (χ2n) is 7.14. The fourth-order valence-electron chi connectivity index (χ4n) is 3.14. The molecule has 32 heavy (non-hydrogen) atoms. The van der Waals surface area contributed by atoms with Gasteiger partial charge in [0, 0.05) is 38.9 Å². The SMILES string of the molecule is CC.CC(C(=O)N(C)c1ccccc1)N1CCOCCOCCNCCOCCOCC1. The average molecular weight is 454 g/mol. The van der Waals surface area contributed by atoms with E-state index in [1.807, 2.05) is 58.2 Å². The lowest BCUT2D eigenvalue weighted by molar-refractivity contribution is -0.123. The summed E-state index contributed by atoms with van der Waals surface area (Å²) < 4.78 is 22.5. The topological polar surface area (TPSA) is 72.5 Å². The minimum atomic E-state index is -0.286. The van der Waals surface area contributed by atoms with Gasteiger partial charge in [-0.25, -0.2) is 0 Å². The summed E-state index contributed by atoms with van der Waals surface area (Å²) in [6.45, 7) is 13.4. The lowest BCUT2D eigenvalue weighted by Crippen LogP contribution is -2.48. The first-order valence-corrected chi connectivity index (χ1v) is 11.8. The Morgan fingerprint density at radius 1 is 0.844 bits per heavy atom. The van der Waals surface area contributed by atoms with Crippen LogP contribution in [-0.4, -0.2) is 103 Å². The molecule has 0 aliphatic carbocycles. The minimum Gasteiger partial charge on any atom is -0.378 e. The molecule has 8 nitrogen and oxygen atoms in total. The monoisotopic (exact) mass is 453 g/mol. The van der Waals surface area contributed by atoms with Gasteiger partial charge in [-0.3, -0.25) is 9.69 Å². The fraction of sp³-hybridized carbons (Fsp3) is 0.708. The van der Waals surface area contributed by atoms with Gasteiger partial charge in [0.15, 0.2) is 0 Å². The molecule has 1 amide bonds. The van der Waals surface area contributed by atoms with Gasteiger partial charge in [0.1, 0.15) is 0 Å². The molecule has 1 aromatic rings. The number of ether oxygens (including phenoxy) is 4. The first-order chi connectivity index (χ1) is 15.7. The zero-order valence-corrected chi connectivity index (χ0v) is 20.4. The van der Waals surface area contributed by atoms with Crippen LogP contribution in [0.1, 0.15) is 20.8 Å². The van der Waals surface area contributed by atoms with E-state index in [1.165, 1.54) is 0 Å². The Bertz CT molecular complexity index is 558. The lowest BCUT2D eigenvalue weighted by Gasteiger charge is -2.31. The van der Waals surface area contributed by atoms with Crippen molar-refractivity contribution in [2.75, 3.05) is 91.0 Å². The quantitative estimate of drug-likeness (QED) is 0.751. The van der Waals surface area contributed by atoms with Gasteiger partial charge in [-0.2, -0.15) is 0 Å². The van der Waals surface area contributed by atoms with Crippen molar-refractivity contribution in [3.63, 3.8) is 0 Å². The van der Waals surface area contributed by atoms with Crippen LogP contribution in [-0.2, 0) is 23.7 Å². The predicted octanol–water partition coefficient (Wildman–Crippen LogP) is 2.04. The van der Waals surface area contributed by atoms with Crippen LogP contribution in [0.2, 0.25) is 0 Å². The molecule has 0 bridgehead atoms. The van der Waals surface area contributed by atoms with Crippen molar-refractivity contribution in [2.24, 2.45) is 0 Å². The molecule has 1 fully saturated rings. The molecule has 1 N–H and O–H groups in total. The van der Waals surface area contributed by atoms with E-state index in [9.17, 15) is 4.79 Å². The lowest BCUT2D eigenvalue weighted by atomic mass is 10.2. The number of amides is 1. The molecular formula is C24H43N3O5. The number of hydrogen-bond donors (Lipinski definition) is 1. The van der Waals surface area contributed by atoms with E-state index >= 15 is 0 Å². The molecule has 8 heteroatoms. The number of benzene rings is 1. The van der Waals surface area contributed by atoms with Crippen LogP contribution in [0.25, 0.3) is 0 Å². The van der Waals surface area contributed by atoms with Gasteiger partial charge in [-0.15, -0.1) is 0 Å². The molecule has 1 atom stereocenters. The molecule has 0 spiro atoms. The number of carbonyl (C=O) groups is 1. The van der Waals surface area contributed by atoms with Crippen LogP contribution in [0.4, 0.5) is 5.69 Å². The van der Waals surface area contributed by atoms with Crippen molar-refractivity contribution in [2.45, 2.75) is 26.8 Å². The summed E-state index contributed by atoms with van der Waals surface area (Å²) in [4.78, 5) is 16.8. The molecule has 184 valence electrons. The minimum absolute atomic E-state index is 0.0440. The highest BCUT2D eigenvalue weighted by Crippen LogP contribution is 2.14. The van der Waals surface area contributed by atoms with Gasteiger partial charge in [-0.1, -0.05) is 32.0 Å².